The van der Waals surface area contributed by atoms with E-state index in [4.69, 9.17) is 0 Å². The van der Waals surface area contributed by atoms with Crippen LogP contribution in [0, 0.1) is 5.82 Å². The number of nitrogens with one attached hydrogen (secondary N) is 2. The van der Waals surface area contributed by atoms with Crippen LogP contribution in [0.15, 0.2) is 24.3 Å². The number of halogens is 1. The molecule has 0 atom stereocenters. The quantitative estimate of drug-likeness (QED) is 0.694. The van der Waals surface area contributed by atoms with Gasteiger partial charge in [-0.2, -0.15) is 0 Å². The average Bonchev–Trinajstić information content (AvgIpc) is 2.56. The first kappa shape index (κ1) is 20.6. The van der Waals surface area contributed by atoms with Gasteiger partial charge in [0.2, 0.25) is 11.8 Å². The third kappa shape index (κ3) is 8.80. The van der Waals surface area contributed by atoms with Crippen LogP contribution in [-0.2, 0) is 20.7 Å². The van der Waals surface area contributed by atoms with Gasteiger partial charge in [-0.05, 0) is 37.6 Å². The van der Waals surface area contributed by atoms with Gasteiger partial charge in [0.15, 0.2) is 0 Å². The van der Waals surface area contributed by atoms with Crippen LogP contribution in [0.4, 0.5) is 9.18 Å². The van der Waals surface area contributed by atoms with Gasteiger partial charge in [-0.1, -0.05) is 19.1 Å². The summed E-state index contributed by atoms with van der Waals surface area (Å²) < 4.78 is 17.4. The summed E-state index contributed by atoms with van der Waals surface area (Å²) in [6.45, 7) is 4.46. The van der Waals surface area contributed by atoms with Gasteiger partial charge in [-0.25, -0.2) is 9.18 Å². The van der Waals surface area contributed by atoms with Crippen LogP contribution in [0.5, 0.6) is 0 Å². The van der Waals surface area contributed by atoms with Crippen molar-refractivity contribution < 1.29 is 23.5 Å². The summed E-state index contributed by atoms with van der Waals surface area (Å²) in [6.07, 6.45) is -0.214. The normalized spacial score (nSPS) is 10.4. The number of carbonyl (C=O) groups excluding carboxylic acids is 3. The molecular formula is C17H24FN3O4. The Morgan fingerprint density at radius 2 is 1.72 bits per heavy atom. The molecule has 0 saturated carbocycles. The van der Waals surface area contributed by atoms with Gasteiger partial charge in [-0.3, -0.25) is 19.8 Å². The fraction of sp³-hybridized carbons (Fsp3) is 0.471. The molecule has 0 spiro atoms. The monoisotopic (exact) mass is 353 g/mol. The summed E-state index contributed by atoms with van der Waals surface area (Å²) >= 11 is 0. The molecule has 0 aromatic heterocycles. The highest BCUT2D eigenvalue weighted by molar-refractivity contribution is 5.93. The molecule has 25 heavy (non-hydrogen) atoms. The van der Waals surface area contributed by atoms with E-state index in [2.05, 4.69) is 15.4 Å². The van der Waals surface area contributed by atoms with E-state index in [1.165, 1.54) is 12.1 Å². The van der Waals surface area contributed by atoms with Gasteiger partial charge in [0.1, 0.15) is 5.82 Å². The van der Waals surface area contributed by atoms with Gasteiger partial charge in [0.25, 0.3) is 0 Å². The maximum Gasteiger partial charge on any atom is 0.413 e. The van der Waals surface area contributed by atoms with Crippen molar-refractivity contribution >= 4 is 17.9 Å². The number of alkyl carbamates (subject to hydrolysis) is 1. The fourth-order valence-corrected chi connectivity index (χ4v) is 2.06. The lowest BCUT2D eigenvalue weighted by molar-refractivity contribution is -0.124. The molecule has 0 heterocycles. The van der Waals surface area contributed by atoms with Crippen molar-refractivity contribution in [3.05, 3.63) is 35.6 Å². The molecule has 1 aromatic rings. The molecule has 0 saturated heterocycles. The standard InChI is InChI=1S/C17H24FN3O4/c1-3-21(12-16(23)20-17(24)25-4-2)11-15(22)19-10-9-13-5-7-14(18)8-6-13/h5-8H,3-4,9-12H2,1-2H3,(H,19,22)(H,20,23,24). The lowest BCUT2D eigenvalue weighted by Gasteiger charge is -2.19. The first-order chi connectivity index (χ1) is 11.9. The number of amides is 3. The maximum atomic E-state index is 12.8. The third-order valence-corrected chi connectivity index (χ3v) is 3.35. The average molecular weight is 353 g/mol. The van der Waals surface area contributed by atoms with E-state index < -0.39 is 12.0 Å². The van der Waals surface area contributed by atoms with Crippen LogP contribution in [0.2, 0.25) is 0 Å². The number of hydrogen-bond donors (Lipinski definition) is 2. The predicted octanol–water partition coefficient (Wildman–Crippen LogP) is 1.08. The second-order valence-electron chi connectivity index (χ2n) is 5.30. The van der Waals surface area contributed by atoms with Crippen molar-refractivity contribution in [2.75, 3.05) is 32.8 Å². The van der Waals surface area contributed by atoms with Crippen molar-refractivity contribution in [2.24, 2.45) is 0 Å². The highest BCUT2D eigenvalue weighted by Crippen LogP contribution is 2.02. The van der Waals surface area contributed by atoms with Gasteiger partial charge in [-0.15, -0.1) is 0 Å². The van der Waals surface area contributed by atoms with Gasteiger partial charge in [0.05, 0.1) is 19.7 Å². The van der Waals surface area contributed by atoms with Crippen LogP contribution in [0.25, 0.3) is 0 Å². The molecule has 0 unspecified atom stereocenters. The summed E-state index contributed by atoms with van der Waals surface area (Å²) in [5.74, 6) is -1.06. The Balaban J connectivity index is 2.31. The van der Waals surface area contributed by atoms with Gasteiger partial charge < -0.3 is 10.1 Å². The zero-order chi connectivity index (χ0) is 18.7. The Labute approximate surface area is 146 Å². The Bertz CT molecular complexity index is 578. The van der Waals surface area contributed by atoms with Gasteiger partial charge in [0, 0.05) is 6.54 Å². The Hall–Kier alpha value is -2.48. The van der Waals surface area contributed by atoms with Crippen LogP contribution in [-0.4, -0.2) is 55.6 Å². The number of hydrogen-bond acceptors (Lipinski definition) is 5. The molecular weight excluding hydrogens is 329 g/mol. The molecule has 8 heteroatoms. The van der Waals surface area contributed by atoms with Crippen LogP contribution < -0.4 is 10.6 Å². The van der Waals surface area contributed by atoms with Crippen LogP contribution in [0.1, 0.15) is 19.4 Å². The zero-order valence-corrected chi connectivity index (χ0v) is 14.5. The first-order valence-corrected chi connectivity index (χ1v) is 8.14. The molecule has 1 aromatic carbocycles. The number of rotatable bonds is 9. The molecule has 3 amide bonds. The molecule has 138 valence electrons. The molecule has 0 aliphatic rings. The highest BCUT2D eigenvalue weighted by Gasteiger charge is 2.15. The molecule has 7 nitrogen and oxygen atoms in total. The molecule has 1 rings (SSSR count). The SMILES string of the molecule is CCOC(=O)NC(=O)CN(CC)CC(=O)NCCc1ccc(F)cc1. The molecule has 2 N–H and O–H groups in total. The minimum absolute atomic E-state index is 0.0379. The Morgan fingerprint density at radius 1 is 1.08 bits per heavy atom. The van der Waals surface area contributed by atoms with E-state index in [-0.39, 0.29) is 31.4 Å². The van der Waals surface area contributed by atoms with Crippen LogP contribution >= 0.6 is 0 Å². The van der Waals surface area contributed by atoms with Crippen molar-refractivity contribution in [3.8, 4) is 0 Å². The molecule has 0 fully saturated rings. The summed E-state index contributed by atoms with van der Waals surface area (Å²) in [5.41, 5.74) is 0.919. The van der Waals surface area contributed by atoms with Crippen LogP contribution in [0.3, 0.4) is 0 Å². The second kappa shape index (κ2) is 11.1. The summed E-state index contributed by atoms with van der Waals surface area (Å²) in [7, 11) is 0. The largest absolute Gasteiger partial charge is 0.450 e. The third-order valence-electron chi connectivity index (χ3n) is 3.35. The second-order valence-corrected chi connectivity index (χ2v) is 5.30. The fourth-order valence-electron chi connectivity index (χ4n) is 2.06. The first-order valence-electron chi connectivity index (χ1n) is 8.14. The number of likely N-dealkylation sites (N-methyl/N-ethyl adjacent to an activating group) is 1. The number of ether oxygens (including phenoxy) is 1. The zero-order valence-electron chi connectivity index (χ0n) is 14.5. The highest BCUT2D eigenvalue weighted by atomic mass is 19.1. The Morgan fingerprint density at radius 3 is 2.32 bits per heavy atom. The van der Waals surface area contributed by atoms with Crippen molar-refractivity contribution in [1.82, 2.24) is 15.5 Å². The van der Waals surface area contributed by atoms with E-state index in [1.807, 2.05) is 6.92 Å². The number of imide groups is 1. The smallest absolute Gasteiger partial charge is 0.413 e. The van der Waals surface area contributed by atoms with E-state index in [9.17, 15) is 18.8 Å². The lowest BCUT2D eigenvalue weighted by atomic mass is 10.1. The minimum Gasteiger partial charge on any atom is -0.450 e. The van der Waals surface area contributed by atoms with Gasteiger partial charge >= 0.3 is 6.09 Å². The molecule has 0 bridgehead atoms. The number of carbonyl (C=O) groups is 3. The summed E-state index contributed by atoms with van der Waals surface area (Å²) in [6, 6.07) is 6.08. The van der Waals surface area contributed by atoms with Crippen molar-refractivity contribution in [2.45, 2.75) is 20.3 Å². The molecule has 0 aliphatic carbocycles. The molecule has 0 radical (unpaired) electrons. The van der Waals surface area contributed by atoms with E-state index in [1.54, 1.807) is 24.0 Å². The number of nitrogens with zero attached hydrogens (tertiary/aromatic N) is 1. The Kier molecular flexibility index (Phi) is 9.16. The van der Waals surface area contributed by atoms with Crippen molar-refractivity contribution in [3.63, 3.8) is 0 Å². The maximum absolute atomic E-state index is 12.8. The van der Waals surface area contributed by atoms with E-state index in [0.717, 1.165) is 5.56 Å². The van der Waals surface area contributed by atoms with E-state index >= 15 is 0 Å². The van der Waals surface area contributed by atoms with E-state index in [0.29, 0.717) is 19.5 Å². The van der Waals surface area contributed by atoms with Crippen molar-refractivity contribution in [1.29, 1.82) is 0 Å². The lowest BCUT2D eigenvalue weighted by Crippen LogP contribution is -2.44. The summed E-state index contributed by atoms with van der Waals surface area (Å²) in [4.78, 5) is 36.4. The topological polar surface area (TPSA) is 87.7 Å². The molecule has 0 aliphatic heterocycles. The minimum atomic E-state index is -0.799. The number of benzene rings is 1. The summed E-state index contributed by atoms with van der Waals surface area (Å²) in [5, 5.41) is 4.83. The predicted molar refractivity (Wildman–Crippen MR) is 90.4 cm³/mol.